The van der Waals surface area contributed by atoms with Gasteiger partial charge >= 0.3 is 0 Å². The molecule has 0 radical (unpaired) electrons. The number of hydrogen-bond acceptors (Lipinski definition) is 2. The molecular weight excluding hydrogens is 234 g/mol. The lowest BCUT2D eigenvalue weighted by Gasteiger charge is -2.37. The molecule has 19 heavy (non-hydrogen) atoms. The largest absolute Gasteiger partial charge is 0.381 e. The fourth-order valence-corrected chi connectivity index (χ4v) is 3.57. The van der Waals surface area contributed by atoms with Gasteiger partial charge in [-0.2, -0.15) is 0 Å². The van der Waals surface area contributed by atoms with E-state index in [9.17, 15) is 0 Å². The van der Waals surface area contributed by atoms with Crippen molar-refractivity contribution in [3.05, 3.63) is 35.4 Å². The molecule has 0 unspecified atom stereocenters. The second kappa shape index (κ2) is 5.64. The third kappa shape index (κ3) is 2.70. The first-order valence-electron chi connectivity index (χ1n) is 7.70. The maximum absolute atomic E-state index is 6.10. The maximum atomic E-state index is 6.10. The summed E-state index contributed by atoms with van der Waals surface area (Å²) in [5.41, 5.74) is 9.27. The molecule has 1 aliphatic heterocycles. The van der Waals surface area contributed by atoms with E-state index in [-0.39, 0.29) is 5.41 Å². The quantitative estimate of drug-likeness (QED) is 0.902. The molecule has 3 rings (SSSR count). The van der Waals surface area contributed by atoms with Crippen molar-refractivity contribution in [3.63, 3.8) is 0 Å². The van der Waals surface area contributed by atoms with Crippen molar-refractivity contribution < 1.29 is 4.74 Å². The van der Waals surface area contributed by atoms with E-state index in [1.807, 2.05) is 0 Å². The maximum Gasteiger partial charge on any atom is 0.0519 e. The van der Waals surface area contributed by atoms with Crippen LogP contribution in [0.5, 0.6) is 0 Å². The smallest absolute Gasteiger partial charge is 0.0519 e. The predicted octanol–water partition coefficient (Wildman–Crippen LogP) is 3.04. The van der Waals surface area contributed by atoms with Gasteiger partial charge in [-0.25, -0.2) is 0 Å². The van der Waals surface area contributed by atoms with Gasteiger partial charge in [0.15, 0.2) is 0 Å². The topological polar surface area (TPSA) is 35.2 Å². The highest BCUT2D eigenvalue weighted by atomic mass is 16.5. The molecule has 2 heteroatoms. The van der Waals surface area contributed by atoms with Crippen molar-refractivity contribution in [2.75, 3.05) is 19.8 Å². The third-order valence-electron chi connectivity index (χ3n) is 5.00. The van der Waals surface area contributed by atoms with Crippen LogP contribution in [-0.4, -0.2) is 19.8 Å². The van der Waals surface area contributed by atoms with Gasteiger partial charge in [0.2, 0.25) is 0 Å². The number of nitrogens with two attached hydrogens (primary N) is 1. The Morgan fingerprint density at radius 1 is 1.05 bits per heavy atom. The van der Waals surface area contributed by atoms with Crippen molar-refractivity contribution >= 4 is 0 Å². The molecule has 0 amide bonds. The zero-order valence-electron chi connectivity index (χ0n) is 11.7. The van der Waals surface area contributed by atoms with Crippen LogP contribution in [0, 0.1) is 5.92 Å². The highest BCUT2D eigenvalue weighted by Gasteiger charge is 2.32. The lowest BCUT2D eigenvalue weighted by molar-refractivity contribution is -0.0312. The van der Waals surface area contributed by atoms with Gasteiger partial charge in [-0.1, -0.05) is 43.5 Å². The molecule has 1 aliphatic carbocycles. The van der Waals surface area contributed by atoms with Crippen molar-refractivity contribution in [1.82, 2.24) is 0 Å². The van der Waals surface area contributed by atoms with Crippen LogP contribution in [0.4, 0.5) is 0 Å². The highest BCUT2D eigenvalue weighted by molar-refractivity contribution is 5.30. The van der Waals surface area contributed by atoms with E-state index in [4.69, 9.17) is 10.5 Å². The summed E-state index contributed by atoms with van der Waals surface area (Å²) in [7, 11) is 0. The van der Waals surface area contributed by atoms with Gasteiger partial charge < -0.3 is 10.5 Å². The summed E-state index contributed by atoms with van der Waals surface area (Å²) in [6.45, 7) is 2.67. The molecule has 2 fully saturated rings. The van der Waals surface area contributed by atoms with E-state index in [1.54, 1.807) is 0 Å². The molecule has 0 spiro atoms. The van der Waals surface area contributed by atoms with E-state index < -0.39 is 0 Å². The molecule has 2 N–H and O–H groups in total. The van der Waals surface area contributed by atoms with E-state index in [2.05, 4.69) is 24.3 Å². The second-order valence-electron chi connectivity index (χ2n) is 6.35. The minimum atomic E-state index is 0.260. The Labute approximate surface area is 116 Å². The van der Waals surface area contributed by atoms with Crippen LogP contribution in [0.3, 0.4) is 0 Å². The highest BCUT2D eigenvalue weighted by Crippen LogP contribution is 2.38. The fourth-order valence-electron chi connectivity index (χ4n) is 3.57. The molecule has 0 bridgehead atoms. The summed E-state index contributed by atoms with van der Waals surface area (Å²) < 4.78 is 5.24. The van der Waals surface area contributed by atoms with E-state index in [0.717, 1.165) is 32.1 Å². The fraction of sp³-hybridized carbons (Fsp3) is 0.647. The van der Waals surface area contributed by atoms with Crippen molar-refractivity contribution in [3.8, 4) is 0 Å². The van der Waals surface area contributed by atoms with E-state index in [0.29, 0.717) is 0 Å². The van der Waals surface area contributed by atoms with Gasteiger partial charge in [-0.05, 0) is 30.4 Å². The van der Waals surface area contributed by atoms with Gasteiger partial charge in [0.05, 0.1) is 13.2 Å². The summed E-state index contributed by atoms with van der Waals surface area (Å²) in [4.78, 5) is 0. The summed E-state index contributed by atoms with van der Waals surface area (Å²) >= 11 is 0. The summed E-state index contributed by atoms with van der Waals surface area (Å²) in [6.07, 6.45) is 7.73. The van der Waals surface area contributed by atoms with Gasteiger partial charge in [0.1, 0.15) is 0 Å². The Morgan fingerprint density at radius 2 is 1.74 bits per heavy atom. The van der Waals surface area contributed by atoms with Crippen LogP contribution in [0.25, 0.3) is 0 Å². The molecule has 1 saturated carbocycles. The van der Waals surface area contributed by atoms with Gasteiger partial charge in [0, 0.05) is 17.9 Å². The number of rotatable bonds is 4. The molecule has 1 aromatic rings. The van der Waals surface area contributed by atoms with E-state index >= 15 is 0 Å². The first-order valence-corrected chi connectivity index (χ1v) is 7.70. The first kappa shape index (κ1) is 13.1. The minimum Gasteiger partial charge on any atom is -0.381 e. The van der Waals surface area contributed by atoms with E-state index in [1.165, 1.54) is 43.2 Å². The van der Waals surface area contributed by atoms with Crippen LogP contribution in [0.1, 0.15) is 43.2 Å². The summed E-state index contributed by atoms with van der Waals surface area (Å²) in [5.74, 6) is 0.740. The lowest BCUT2D eigenvalue weighted by atomic mass is 9.69. The first-order chi connectivity index (χ1) is 9.32. The average Bonchev–Trinajstić information content (AvgIpc) is 2.44. The van der Waals surface area contributed by atoms with Crippen LogP contribution in [0.15, 0.2) is 24.3 Å². The Morgan fingerprint density at radius 3 is 2.26 bits per heavy atom. The number of ether oxygens (including phenoxy) is 1. The molecule has 2 aliphatic rings. The SMILES string of the molecule is NCC1(c2ccc(CC3COC3)cc2)CCCCC1. The summed E-state index contributed by atoms with van der Waals surface area (Å²) in [6, 6.07) is 9.26. The molecule has 2 nitrogen and oxygen atoms in total. The monoisotopic (exact) mass is 259 g/mol. The van der Waals surface area contributed by atoms with Crippen LogP contribution < -0.4 is 5.73 Å². The predicted molar refractivity (Wildman–Crippen MR) is 78.3 cm³/mol. The van der Waals surface area contributed by atoms with Gasteiger partial charge in [0.25, 0.3) is 0 Å². The van der Waals surface area contributed by atoms with Crippen LogP contribution >= 0.6 is 0 Å². The van der Waals surface area contributed by atoms with Gasteiger partial charge in [-0.15, -0.1) is 0 Å². The molecular formula is C17H25NO. The molecule has 0 aromatic heterocycles. The van der Waals surface area contributed by atoms with Crippen molar-refractivity contribution in [2.24, 2.45) is 11.7 Å². The van der Waals surface area contributed by atoms with Crippen LogP contribution in [0.2, 0.25) is 0 Å². The zero-order valence-corrected chi connectivity index (χ0v) is 11.7. The second-order valence-corrected chi connectivity index (χ2v) is 6.35. The lowest BCUT2D eigenvalue weighted by Crippen LogP contribution is -2.37. The molecule has 104 valence electrons. The molecule has 1 aromatic carbocycles. The Balaban J connectivity index is 1.72. The normalized spacial score (nSPS) is 23.0. The Bertz CT molecular complexity index is 402. The number of benzene rings is 1. The Kier molecular flexibility index (Phi) is 3.90. The van der Waals surface area contributed by atoms with Crippen molar-refractivity contribution in [2.45, 2.75) is 43.9 Å². The molecule has 0 atom stereocenters. The zero-order chi connectivity index (χ0) is 13.1. The standard InChI is InChI=1S/C17H25NO/c18-13-17(8-2-1-3-9-17)16-6-4-14(5-7-16)10-15-11-19-12-15/h4-7,15H,1-3,8-13,18H2. The Hall–Kier alpha value is -0.860. The third-order valence-corrected chi connectivity index (χ3v) is 5.00. The van der Waals surface area contributed by atoms with Gasteiger partial charge in [-0.3, -0.25) is 0 Å². The van der Waals surface area contributed by atoms with Crippen LogP contribution in [-0.2, 0) is 16.6 Å². The van der Waals surface area contributed by atoms with Crippen molar-refractivity contribution in [1.29, 1.82) is 0 Å². The summed E-state index contributed by atoms with van der Waals surface area (Å²) in [5, 5.41) is 0. The molecule has 1 heterocycles. The minimum absolute atomic E-state index is 0.260. The number of hydrogen-bond donors (Lipinski definition) is 1. The average molecular weight is 259 g/mol. The molecule has 1 saturated heterocycles.